The minimum atomic E-state index is -1.01. The largest absolute Gasteiger partial charge is 0.461 e. The molecule has 3 aliphatic rings. The van der Waals surface area contributed by atoms with Crippen molar-refractivity contribution in [2.24, 2.45) is 0 Å². The van der Waals surface area contributed by atoms with Gasteiger partial charge in [0.25, 0.3) is 0 Å². The third-order valence-electron chi connectivity index (χ3n) is 10.7. The molecule has 3 aliphatic heterocycles. The quantitative estimate of drug-likeness (QED) is 0.180. The third kappa shape index (κ3) is 7.77. The van der Waals surface area contributed by atoms with Gasteiger partial charge in [0, 0.05) is 55.5 Å². The third-order valence-corrected chi connectivity index (χ3v) is 11.8. The first kappa shape index (κ1) is 40.8. The Morgan fingerprint density at radius 1 is 1.14 bits per heavy atom. The van der Waals surface area contributed by atoms with Gasteiger partial charge < -0.3 is 24.0 Å². The van der Waals surface area contributed by atoms with Gasteiger partial charge in [0.15, 0.2) is 5.82 Å². The smallest absolute Gasteiger partial charge is 0.411 e. The molecule has 2 amide bonds. The van der Waals surface area contributed by atoms with Gasteiger partial charge in [-0.2, -0.15) is 15.2 Å². The minimum absolute atomic E-state index is 0.000644. The number of carbonyl (C=O) groups is 2. The van der Waals surface area contributed by atoms with Crippen LogP contribution in [0.5, 0.6) is 6.01 Å². The lowest BCUT2D eigenvalue weighted by atomic mass is 9.94. The van der Waals surface area contributed by atoms with Gasteiger partial charge in [-0.15, -0.1) is 11.3 Å². The van der Waals surface area contributed by atoms with Crippen LogP contribution in [0, 0.1) is 29.5 Å². The average molecular weight is 819 g/mol. The Kier molecular flexibility index (Phi) is 10.6. The number of likely N-dealkylation sites (tertiary alicyclic amines) is 1. The van der Waals surface area contributed by atoms with Crippen molar-refractivity contribution in [3.05, 3.63) is 46.8 Å². The summed E-state index contributed by atoms with van der Waals surface area (Å²) >= 11 is 0.789. The number of likely N-dealkylation sites (N-methyl/N-ethyl adjacent to an activating group) is 1. The number of nitrogens with zero attached hydrogens (tertiary/aromatic N) is 7. The Hall–Kier alpha value is -5.39. The van der Waals surface area contributed by atoms with E-state index in [-0.39, 0.29) is 85.8 Å². The number of halogens is 3. The Morgan fingerprint density at radius 3 is 2.57 bits per heavy atom. The molecule has 0 spiro atoms. The molecule has 0 aliphatic carbocycles. The Bertz CT molecular complexity index is 2400. The molecule has 4 aromatic rings. The summed E-state index contributed by atoms with van der Waals surface area (Å²) in [6, 6.07) is 5.47. The van der Waals surface area contributed by atoms with E-state index >= 15 is 8.78 Å². The van der Waals surface area contributed by atoms with Gasteiger partial charge >= 0.3 is 18.2 Å². The van der Waals surface area contributed by atoms with Crippen LogP contribution in [0.4, 0.5) is 39.3 Å². The van der Waals surface area contributed by atoms with Crippen molar-refractivity contribution in [2.75, 3.05) is 50.1 Å². The van der Waals surface area contributed by atoms with Gasteiger partial charge in [0.05, 0.1) is 28.4 Å². The molecule has 58 heavy (non-hydrogen) atoms. The second-order valence-electron chi connectivity index (χ2n) is 17.1. The van der Waals surface area contributed by atoms with E-state index < -0.39 is 46.7 Å². The maximum Gasteiger partial charge on any atom is 0.411 e. The number of anilines is 2. The molecule has 2 aromatic heterocycles. The zero-order chi connectivity index (χ0) is 41.9. The summed E-state index contributed by atoms with van der Waals surface area (Å²) in [7, 11) is 1.75. The van der Waals surface area contributed by atoms with Gasteiger partial charge in [-0.05, 0) is 85.0 Å². The van der Waals surface area contributed by atoms with Crippen molar-refractivity contribution >= 4 is 61.0 Å². The summed E-state index contributed by atoms with van der Waals surface area (Å²) in [5.74, 6) is -1.42. The van der Waals surface area contributed by atoms with Crippen molar-refractivity contribution in [1.82, 2.24) is 19.8 Å². The number of fused-ring (bicyclic) bond motifs is 3. The van der Waals surface area contributed by atoms with E-state index in [0.29, 0.717) is 19.5 Å². The van der Waals surface area contributed by atoms with Crippen LogP contribution in [0.25, 0.3) is 37.0 Å². The SMILES string of the molecule is [C-]#[N+]c1c(NC(=O)OC(C)(C)C)sc2c(F)ccc(-c3c(C#N)cc4c(N(C)[C@@H]5CCN(C(=O)OC(C)(C)C)C5)nc(OC[C@@]56CCCN5C[C@H](F)C6)nc4c3F)c12. The maximum atomic E-state index is 17.5. The second kappa shape index (κ2) is 15.1. The van der Waals surface area contributed by atoms with Crippen molar-refractivity contribution in [2.45, 2.75) is 96.2 Å². The van der Waals surface area contributed by atoms with Crippen LogP contribution in [0.15, 0.2) is 18.2 Å². The number of aromatic nitrogens is 2. The van der Waals surface area contributed by atoms with Crippen LogP contribution in [0.1, 0.15) is 72.8 Å². The van der Waals surface area contributed by atoms with E-state index in [1.807, 2.05) is 0 Å². The molecule has 7 rings (SSSR count). The van der Waals surface area contributed by atoms with Crippen molar-refractivity contribution in [1.29, 1.82) is 5.26 Å². The fourth-order valence-corrected chi connectivity index (χ4v) is 9.26. The average Bonchev–Trinajstić information content (AvgIpc) is 3.92. The van der Waals surface area contributed by atoms with E-state index in [4.69, 9.17) is 25.8 Å². The highest BCUT2D eigenvalue weighted by Crippen LogP contribution is 2.50. The van der Waals surface area contributed by atoms with Crippen molar-refractivity contribution in [3.63, 3.8) is 0 Å². The van der Waals surface area contributed by atoms with Crippen LogP contribution in [0.3, 0.4) is 0 Å². The van der Waals surface area contributed by atoms with E-state index in [1.54, 1.807) is 58.4 Å². The summed E-state index contributed by atoms with van der Waals surface area (Å²) < 4.78 is 64.9. The molecule has 0 saturated carbocycles. The van der Waals surface area contributed by atoms with Crippen LogP contribution in [-0.4, -0.2) is 101 Å². The number of carbonyl (C=O) groups excluding carboxylic acids is 2. The fourth-order valence-electron chi connectivity index (χ4n) is 8.20. The predicted octanol–water partition coefficient (Wildman–Crippen LogP) is 8.96. The summed E-state index contributed by atoms with van der Waals surface area (Å²) in [6.07, 6.45) is 0.0803. The van der Waals surface area contributed by atoms with E-state index in [9.17, 15) is 19.2 Å². The number of nitrogens with one attached hydrogen (secondary N) is 1. The lowest BCUT2D eigenvalue weighted by Gasteiger charge is -2.31. The highest BCUT2D eigenvalue weighted by Gasteiger charge is 2.49. The number of thiophene rings is 1. The van der Waals surface area contributed by atoms with Crippen molar-refractivity contribution < 1.29 is 37.0 Å². The molecule has 13 nitrogen and oxygen atoms in total. The van der Waals surface area contributed by atoms with Gasteiger partial charge in [-0.25, -0.2) is 27.6 Å². The number of benzene rings is 2. The summed E-state index contributed by atoms with van der Waals surface area (Å²) in [5.41, 5.74) is -2.82. The summed E-state index contributed by atoms with van der Waals surface area (Å²) in [5, 5.41) is 13.3. The van der Waals surface area contributed by atoms with Gasteiger partial charge in [-0.3, -0.25) is 10.2 Å². The standard InChI is InChI=1S/C41H45F3N8O5S/c1-39(2,3)56-37(53)49-35-32(46-7)29-25(10-11-27(43)33(29)58-35)28-22(18-45)16-26-31(30(28)44)47-36(55-21-41-13-9-14-52(41)19-23(42)17-41)48-34(26)50(8)24-12-15-51(20-24)38(54)57-40(4,5)6/h10-11,16,23-24H,9,12-15,17,19-21H2,1-6,8H3,(H,49,53)/t23-,24-,41+/m1/s1. The van der Waals surface area contributed by atoms with Crippen LogP contribution >= 0.6 is 11.3 Å². The zero-order valence-electron chi connectivity index (χ0n) is 33.5. The number of rotatable bonds is 7. The molecule has 2 aromatic carbocycles. The highest BCUT2D eigenvalue weighted by atomic mass is 32.1. The van der Waals surface area contributed by atoms with E-state index in [0.717, 1.165) is 36.8 Å². The summed E-state index contributed by atoms with van der Waals surface area (Å²) in [6.45, 7) is 20.2. The van der Waals surface area contributed by atoms with Crippen molar-refractivity contribution in [3.8, 4) is 23.2 Å². The number of amides is 2. The topological polar surface area (TPSA) is 138 Å². The molecule has 17 heteroatoms. The Balaban J connectivity index is 1.36. The lowest BCUT2D eigenvalue weighted by molar-refractivity contribution is 0.0292. The van der Waals surface area contributed by atoms with Crippen LogP contribution < -0.4 is 15.0 Å². The first-order valence-electron chi connectivity index (χ1n) is 19.1. The molecule has 0 unspecified atom stereocenters. The number of ether oxygens (including phenoxy) is 3. The number of nitriles is 1. The number of alkyl halides is 1. The molecule has 3 fully saturated rings. The van der Waals surface area contributed by atoms with E-state index in [1.165, 1.54) is 12.1 Å². The minimum Gasteiger partial charge on any atom is -0.461 e. The fraction of sp³-hybridized carbons (Fsp3) is 0.512. The van der Waals surface area contributed by atoms with Gasteiger partial charge in [-0.1, -0.05) is 6.07 Å². The van der Waals surface area contributed by atoms with Gasteiger partial charge in [0.2, 0.25) is 5.69 Å². The number of hydrogen-bond acceptors (Lipinski definition) is 11. The molecule has 5 heterocycles. The molecular weight excluding hydrogens is 774 g/mol. The molecule has 0 radical (unpaired) electrons. The zero-order valence-corrected chi connectivity index (χ0v) is 34.3. The normalized spacial score (nSPS) is 20.9. The van der Waals surface area contributed by atoms with Crippen LogP contribution in [-0.2, 0) is 9.47 Å². The van der Waals surface area contributed by atoms with Gasteiger partial charge in [0.1, 0.15) is 46.1 Å². The first-order chi connectivity index (χ1) is 27.3. The van der Waals surface area contributed by atoms with E-state index in [2.05, 4.69) is 26.1 Å². The second-order valence-corrected chi connectivity index (χ2v) is 18.1. The predicted molar refractivity (Wildman–Crippen MR) is 214 cm³/mol. The highest BCUT2D eigenvalue weighted by molar-refractivity contribution is 7.24. The summed E-state index contributed by atoms with van der Waals surface area (Å²) in [4.78, 5) is 44.1. The Morgan fingerprint density at radius 2 is 1.88 bits per heavy atom. The molecule has 3 saturated heterocycles. The monoisotopic (exact) mass is 818 g/mol. The maximum absolute atomic E-state index is 17.5. The number of hydrogen-bond donors (Lipinski definition) is 1. The molecule has 3 atom stereocenters. The lowest BCUT2D eigenvalue weighted by Crippen LogP contribution is -2.43. The Labute approximate surface area is 338 Å². The molecule has 1 N–H and O–H groups in total. The van der Waals surface area contributed by atoms with Crippen LogP contribution in [0.2, 0.25) is 0 Å². The molecular formula is C41H45F3N8O5S. The molecule has 306 valence electrons. The first-order valence-corrected chi connectivity index (χ1v) is 19.9. The molecule has 0 bridgehead atoms.